The molecule has 108 valence electrons. The highest BCUT2D eigenvalue weighted by atomic mass is 16.6. The molecule has 2 rings (SSSR count). The Hall–Kier alpha value is -2.04. The Morgan fingerprint density at radius 2 is 2.20 bits per heavy atom. The van der Waals surface area contributed by atoms with Gasteiger partial charge in [0, 0.05) is 12.0 Å². The van der Waals surface area contributed by atoms with Crippen LogP contribution in [0.4, 0.5) is 0 Å². The number of hydrogen-bond acceptors (Lipinski definition) is 4. The molecule has 0 bridgehead atoms. The summed E-state index contributed by atoms with van der Waals surface area (Å²) in [6.07, 6.45) is 3.22. The molecule has 5 nitrogen and oxygen atoms in total. The fourth-order valence-electron chi connectivity index (χ4n) is 2.05. The highest BCUT2D eigenvalue weighted by molar-refractivity contribution is 6.02. The molecule has 1 aliphatic rings. The lowest BCUT2D eigenvalue weighted by Crippen LogP contribution is -2.02. The predicted molar refractivity (Wildman–Crippen MR) is 75.1 cm³/mol. The normalized spacial score (nSPS) is 16.1. The largest absolute Gasteiger partial charge is 0.493 e. The third kappa shape index (κ3) is 4.26. The molecule has 0 radical (unpaired) electrons. The van der Waals surface area contributed by atoms with E-state index in [2.05, 4.69) is 5.16 Å². The Balaban J connectivity index is 1.88. The molecule has 0 unspecified atom stereocenters. The van der Waals surface area contributed by atoms with Gasteiger partial charge in [0.05, 0.1) is 12.3 Å². The van der Waals surface area contributed by atoms with Crippen LogP contribution in [0.5, 0.6) is 5.75 Å². The zero-order valence-corrected chi connectivity index (χ0v) is 11.4. The summed E-state index contributed by atoms with van der Waals surface area (Å²) in [5.74, 6) is 0.0735. The maximum atomic E-state index is 10.4. The molecule has 5 heteroatoms. The molecular formula is C15H19NO4. The number of nitrogens with zero attached hydrogens (tertiary/aromatic N) is 1. The van der Waals surface area contributed by atoms with E-state index in [1.165, 1.54) is 0 Å². The van der Waals surface area contributed by atoms with Crippen LogP contribution in [0, 0.1) is 0 Å². The molecule has 0 spiro atoms. The van der Waals surface area contributed by atoms with E-state index in [0.29, 0.717) is 26.1 Å². The molecule has 1 heterocycles. The van der Waals surface area contributed by atoms with E-state index in [4.69, 9.17) is 14.7 Å². The van der Waals surface area contributed by atoms with Crippen LogP contribution in [0.1, 0.15) is 37.7 Å². The van der Waals surface area contributed by atoms with Crippen molar-refractivity contribution in [2.75, 3.05) is 13.2 Å². The maximum Gasteiger partial charge on any atom is 0.303 e. The molecule has 1 aromatic carbocycles. The van der Waals surface area contributed by atoms with Crippen LogP contribution in [0.3, 0.4) is 0 Å². The van der Waals surface area contributed by atoms with Crippen molar-refractivity contribution < 1.29 is 19.5 Å². The number of carboxylic acids is 1. The highest BCUT2D eigenvalue weighted by Crippen LogP contribution is 2.24. The number of aliphatic carboxylic acids is 1. The monoisotopic (exact) mass is 277 g/mol. The Labute approximate surface area is 118 Å². The first-order chi connectivity index (χ1) is 9.77. The summed E-state index contributed by atoms with van der Waals surface area (Å²) in [5, 5.41) is 12.7. The molecule has 0 aliphatic carbocycles. The second-order valence-electron chi connectivity index (χ2n) is 4.67. The van der Waals surface area contributed by atoms with Gasteiger partial charge in [0.2, 0.25) is 0 Å². The fraction of sp³-hybridized carbons (Fsp3) is 0.467. The van der Waals surface area contributed by atoms with Crippen LogP contribution in [0.15, 0.2) is 29.4 Å². The van der Waals surface area contributed by atoms with Gasteiger partial charge in [-0.2, -0.15) is 0 Å². The van der Waals surface area contributed by atoms with Gasteiger partial charge in [0.1, 0.15) is 12.4 Å². The fourth-order valence-corrected chi connectivity index (χ4v) is 2.05. The summed E-state index contributed by atoms with van der Waals surface area (Å²) in [7, 11) is 0. The smallest absolute Gasteiger partial charge is 0.303 e. The molecule has 1 aliphatic heterocycles. The summed E-state index contributed by atoms with van der Waals surface area (Å²) < 4.78 is 5.65. The van der Waals surface area contributed by atoms with Crippen LogP contribution < -0.4 is 4.74 Å². The Bertz CT molecular complexity index is 485. The zero-order chi connectivity index (χ0) is 14.2. The first kappa shape index (κ1) is 14.4. The van der Waals surface area contributed by atoms with Crippen molar-refractivity contribution in [3.05, 3.63) is 29.8 Å². The SMILES string of the molecule is O=C(O)CCCCON=C1CCCOc2ccccc21. The molecule has 0 fully saturated rings. The number of hydrogen-bond donors (Lipinski definition) is 1. The molecule has 1 N–H and O–H groups in total. The van der Waals surface area contributed by atoms with E-state index in [-0.39, 0.29) is 6.42 Å². The van der Waals surface area contributed by atoms with Gasteiger partial charge >= 0.3 is 5.97 Å². The summed E-state index contributed by atoms with van der Waals surface area (Å²) in [6.45, 7) is 1.13. The van der Waals surface area contributed by atoms with Crippen LogP contribution in [0.25, 0.3) is 0 Å². The molecular weight excluding hydrogens is 258 g/mol. The Kier molecular flexibility index (Phi) is 5.41. The summed E-state index contributed by atoms with van der Waals surface area (Å²) >= 11 is 0. The van der Waals surface area contributed by atoms with Crippen molar-refractivity contribution >= 4 is 11.7 Å². The third-order valence-corrected chi connectivity index (χ3v) is 3.06. The van der Waals surface area contributed by atoms with Gasteiger partial charge in [0.15, 0.2) is 0 Å². The van der Waals surface area contributed by atoms with E-state index in [1.807, 2.05) is 24.3 Å². The van der Waals surface area contributed by atoms with Gasteiger partial charge in [-0.3, -0.25) is 4.79 Å². The average molecular weight is 277 g/mol. The maximum absolute atomic E-state index is 10.4. The van der Waals surface area contributed by atoms with Crippen molar-refractivity contribution in [3.63, 3.8) is 0 Å². The first-order valence-electron chi connectivity index (χ1n) is 6.90. The molecule has 1 aromatic rings. The number of rotatable bonds is 6. The second kappa shape index (κ2) is 7.53. The van der Waals surface area contributed by atoms with Gasteiger partial charge in [-0.15, -0.1) is 0 Å². The first-order valence-corrected chi connectivity index (χ1v) is 6.90. The number of fused-ring (bicyclic) bond motifs is 1. The molecule has 20 heavy (non-hydrogen) atoms. The average Bonchev–Trinajstić information content (AvgIpc) is 2.65. The summed E-state index contributed by atoms with van der Waals surface area (Å²) in [5.41, 5.74) is 1.88. The molecule has 0 saturated carbocycles. The molecule has 0 saturated heterocycles. The van der Waals surface area contributed by atoms with Gasteiger partial charge in [-0.25, -0.2) is 0 Å². The van der Waals surface area contributed by atoms with E-state index < -0.39 is 5.97 Å². The molecule has 0 atom stereocenters. The minimum absolute atomic E-state index is 0.177. The summed E-state index contributed by atoms with van der Waals surface area (Å²) in [4.78, 5) is 15.7. The Morgan fingerprint density at radius 1 is 1.35 bits per heavy atom. The number of benzene rings is 1. The molecule has 0 amide bonds. The van der Waals surface area contributed by atoms with Gasteiger partial charge in [-0.05, 0) is 37.8 Å². The van der Waals surface area contributed by atoms with Crippen molar-refractivity contribution in [2.24, 2.45) is 5.16 Å². The van der Waals surface area contributed by atoms with Gasteiger partial charge in [0.25, 0.3) is 0 Å². The van der Waals surface area contributed by atoms with Crippen LogP contribution in [0.2, 0.25) is 0 Å². The Morgan fingerprint density at radius 3 is 3.05 bits per heavy atom. The minimum atomic E-state index is -0.772. The number of oxime groups is 1. The summed E-state index contributed by atoms with van der Waals surface area (Å²) in [6, 6.07) is 7.81. The van der Waals surface area contributed by atoms with Crippen molar-refractivity contribution in [3.8, 4) is 5.75 Å². The predicted octanol–water partition coefficient (Wildman–Crippen LogP) is 2.83. The molecule has 0 aromatic heterocycles. The van der Waals surface area contributed by atoms with E-state index >= 15 is 0 Å². The van der Waals surface area contributed by atoms with Crippen LogP contribution >= 0.6 is 0 Å². The highest BCUT2D eigenvalue weighted by Gasteiger charge is 2.14. The minimum Gasteiger partial charge on any atom is -0.493 e. The number of unbranched alkanes of at least 4 members (excludes halogenated alkanes) is 1. The van der Waals surface area contributed by atoms with Crippen LogP contribution in [-0.2, 0) is 9.63 Å². The zero-order valence-electron chi connectivity index (χ0n) is 11.4. The number of carbonyl (C=O) groups is 1. The van der Waals surface area contributed by atoms with Crippen molar-refractivity contribution in [1.29, 1.82) is 0 Å². The number of ether oxygens (including phenoxy) is 1. The number of carboxylic acid groups (broad SMARTS) is 1. The van der Waals surface area contributed by atoms with Gasteiger partial charge < -0.3 is 14.7 Å². The van der Waals surface area contributed by atoms with Crippen molar-refractivity contribution in [2.45, 2.75) is 32.1 Å². The lowest BCUT2D eigenvalue weighted by molar-refractivity contribution is -0.137. The van der Waals surface area contributed by atoms with Crippen molar-refractivity contribution in [1.82, 2.24) is 0 Å². The van der Waals surface area contributed by atoms with E-state index in [0.717, 1.165) is 29.9 Å². The lowest BCUT2D eigenvalue weighted by Gasteiger charge is -2.07. The second-order valence-corrected chi connectivity index (χ2v) is 4.67. The van der Waals surface area contributed by atoms with E-state index in [9.17, 15) is 4.79 Å². The number of para-hydroxylation sites is 1. The standard InChI is InChI=1S/C15H19NO4/c17-15(18)9-3-4-11-20-16-13-7-5-10-19-14-8-2-1-6-12(13)14/h1-2,6,8H,3-5,7,9-11H2,(H,17,18). The quantitative estimate of drug-likeness (QED) is 0.641. The van der Waals surface area contributed by atoms with E-state index in [1.54, 1.807) is 0 Å². The third-order valence-electron chi connectivity index (χ3n) is 3.06. The lowest BCUT2D eigenvalue weighted by atomic mass is 10.1. The van der Waals surface area contributed by atoms with Crippen LogP contribution in [-0.4, -0.2) is 30.0 Å². The van der Waals surface area contributed by atoms with Gasteiger partial charge in [-0.1, -0.05) is 17.3 Å². The topological polar surface area (TPSA) is 68.1 Å².